The minimum atomic E-state index is -0.979. The van der Waals surface area contributed by atoms with Gasteiger partial charge in [-0.05, 0) is 62.1 Å². The monoisotopic (exact) mass is 650 g/mol. The third-order valence-corrected chi connectivity index (χ3v) is 8.23. The summed E-state index contributed by atoms with van der Waals surface area (Å²) in [6, 6.07) is 0. The Morgan fingerprint density at radius 2 is 1.09 bits per heavy atom. The Bertz CT molecular complexity index is 2160. The van der Waals surface area contributed by atoms with Crippen molar-refractivity contribution in [3.63, 3.8) is 0 Å². The number of aliphatic hydroxyl groups excluding tert-OH is 2. The van der Waals surface area contributed by atoms with Gasteiger partial charge in [0.15, 0.2) is 0 Å². The first kappa shape index (κ1) is 33.6. The van der Waals surface area contributed by atoms with Crippen LogP contribution in [0.25, 0.3) is 36.5 Å². The molecule has 45 heavy (non-hydrogen) atoms. The first-order chi connectivity index (χ1) is 21.1. The summed E-state index contributed by atoms with van der Waals surface area (Å²) in [5.41, 5.74) is 6.34. The molecule has 0 saturated heterocycles. The molecule has 4 aromatic heterocycles. The standard InChI is InChI=1S/C34H34N4O6.Fe/c1-5-19-17(3)25-11-28-20(6-2)23(15-39)31(37-28)12-26-18(4)21(7-9-33(41)42)29(36-26)14-30-22(8-10-34(43)44)24(16-40)32(38-30)13-27(19)35-25;/h5-6,11-14,39-40H,7-10,15-16H2,1-4H3,(H,41,42)(H,43,44);/q-4;+2/b19-5+,20-6-,26-12-,27-13-,28-11-,29-14-;. The van der Waals surface area contributed by atoms with E-state index in [0.717, 1.165) is 27.1 Å². The second-order valence-electron chi connectivity index (χ2n) is 10.8. The molecule has 8 bridgehead atoms. The molecular weight excluding hydrogens is 616 g/mol. The van der Waals surface area contributed by atoms with E-state index in [1.807, 2.05) is 45.9 Å². The van der Waals surface area contributed by atoms with Gasteiger partial charge in [-0.15, -0.1) is 44.2 Å². The number of fused-ring (bicyclic) bond motifs is 8. The zero-order chi connectivity index (χ0) is 31.7. The number of aliphatic carboxylic acids is 2. The average molecular weight is 651 g/mol. The van der Waals surface area contributed by atoms with E-state index in [1.54, 1.807) is 18.2 Å². The van der Waals surface area contributed by atoms with Crippen LogP contribution in [-0.2, 0) is 52.7 Å². The molecule has 4 N–H and O–H groups in total. The Balaban J connectivity index is 0.00000461. The van der Waals surface area contributed by atoms with Crippen LogP contribution >= 0.6 is 0 Å². The fourth-order valence-corrected chi connectivity index (χ4v) is 5.94. The summed E-state index contributed by atoms with van der Waals surface area (Å²) in [6.45, 7) is 7.04. The van der Waals surface area contributed by atoms with Gasteiger partial charge in [-0.3, -0.25) is 9.59 Å². The quantitative estimate of drug-likeness (QED) is 0.143. The zero-order valence-electron chi connectivity index (χ0n) is 25.5. The largest absolute Gasteiger partial charge is 2.00 e. The van der Waals surface area contributed by atoms with Crippen LogP contribution in [0.2, 0.25) is 0 Å². The third kappa shape index (κ3) is 6.43. The van der Waals surface area contributed by atoms with E-state index in [-0.39, 0.29) is 56.0 Å². The van der Waals surface area contributed by atoms with E-state index in [0.29, 0.717) is 60.9 Å². The van der Waals surface area contributed by atoms with E-state index >= 15 is 0 Å². The molecule has 11 heteroatoms. The molecule has 0 radical (unpaired) electrons. The maximum atomic E-state index is 11.6. The van der Waals surface area contributed by atoms with Crippen LogP contribution in [0, 0.1) is 13.8 Å². The maximum absolute atomic E-state index is 11.6. The van der Waals surface area contributed by atoms with Gasteiger partial charge in [0, 0.05) is 12.8 Å². The summed E-state index contributed by atoms with van der Waals surface area (Å²) in [5.74, 6) is -1.93. The molecule has 0 spiro atoms. The van der Waals surface area contributed by atoms with Crippen molar-refractivity contribution in [2.75, 3.05) is 0 Å². The van der Waals surface area contributed by atoms with Gasteiger partial charge in [0.25, 0.3) is 0 Å². The van der Waals surface area contributed by atoms with Gasteiger partial charge in [-0.2, -0.15) is 0 Å². The fourth-order valence-electron chi connectivity index (χ4n) is 5.94. The van der Waals surface area contributed by atoms with Crippen molar-refractivity contribution in [2.24, 2.45) is 0 Å². The maximum Gasteiger partial charge on any atom is 2.00 e. The number of carboxylic acids is 2. The third-order valence-electron chi connectivity index (χ3n) is 8.23. The van der Waals surface area contributed by atoms with Gasteiger partial charge >= 0.3 is 29.0 Å². The Labute approximate surface area is 269 Å². The van der Waals surface area contributed by atoms with E-state index in [9.17, 15) is 30.0 Å². The number of nitrogens with zero attached hydrogens (tertiary/aromatic N) is 4. The minimum Gasteiger partial charge on any atom is -0.657 e. The molecule has 0 atom stereocenters. The molecule has 4 aromatic rings. The summed E-state index contributed by atoms with van der Waals surface area (Å²) in [7, 11) is 0. The summed E-state index contributed by atoms with van der Waals surface area (Å²) in [4.78, 5) is 42.6. The van der Waals surface area contributed by atoms with Crippen molar-refractivity contribution in [2.45, 2.75) is 66.6 Å². The smallest absolute Gasteiger partial charge is 0.657 e. The molecule has 10 nitrogen and oxygen atoms in total. The number of carbonyl (C=O) groups is 2. The van der Waals surface area contributed by atoms with Gasteiger partial charge in [0.1, 0.15) is 0 Å². The Morgan fingerprint density at radius 3 is 1.69 bits per heavy atom. The molecular formula is C34H34FeN4O6-2. The number of rotatable bonds is 8. The Hall–Kier alpha value is -4.28. The molecule has 5 rings (SSSR count). The van der Waals surface area contributed by atoms with Crippen molar-refractivity contribution in [1.29, 1.82) is 0 Å². The Kier molecular flexibility index (Phi) is 10.3. The zero-order valence-corrected chi connectivity index (χ0v) is 26.6. The summed E-state index contributed by atoms with van der Waals surface area (Å²) >= 11 is 0. The average Bonchev–Trinajstić information content (AvgIpc) is 3.67. The van der Waals surface area contributed by atoms with E-state index in [1.165, 1.54) is 0 Å². The molecule has 5 heterocycles. The number of carboxylic acid groups (broad SMARTS) is 2. The van der Waals surface area contributed by atoms with E-state index < -0.39 is 11.9 Å². The van der Waals surface area contributed by atoms with Crippen LogP contribution in [0.5, 0.6) is 0 Å². The first-order valence-electron chi connectivity index (χ1n) is 14.4. The topological polar surface area (TPSA) is 171 Å². The molecule has 0 aromatic carbocycles. The molecule has 1 aliphatic rings. The van der Waals surface area contributed by atoms with Crippen LogP contribution in [0.1, 0.15) is 82.8 Å². The van der Waals surface area contributed by atoms with Crippen molar-refractivity contribution < 1.29 is 47.1 Å². The van der Waals surface area contributed by atoms with Crippen LogP contribution < -0.4 is 51.8 Å². The number of hydrogen-bond acceptors (Lipinski definition) is 4. The molecule has 0 unspecified atom stereocenters. The van der Waals surface area contributed by atoms with Gasteiger partial charge < -0.3 is 40.4 Å². The molecule has 1 aliphatic heterocycles. The van der Waals surface area contributed by atoms with Crippen molar-refractivity contribution in [3.8, 4) is 0 Å². The van der Waals surface area contributed by atoms with Crippen LogP contribution in [0.4, 0.5) is 0 Å². The normalized spacial score (nSPS) is 16.0. The molecule has 0 saturated carbocycles. The Morgan fingerprint density at radius 1 is 0.600 bits per heavy atom. The van der Waals surface area contributed by atoms with Crippen molar-refractivity contribution in [1.82, 2.24) is 19.9 Å². The van der Waals surface area contributed by atoms with Gasteiger partial charge in [-0.1, -0.05) is 58.7 Å². The predicted octanol–water partition coefficient (Wildman–Crippen LogP) is -1.62. The van der Waals surface area contributed by atoms with E-state index in [2.05, 4.69) is 0 Å². The second-order valence-corrected chi connectivity index (χ2v) is 10.8. The van der Waals surface area contributed by atoms with Crippen molar-refractivity contribution in [3.05, 3.63) is 88.0 Å². The first-order valence-corrected chi connectivity index (χ1v) is 14.4. The summed E-state index contributed by atoms with van der Waals surface area (Å²) < 4.78 is 0. The van der Waals surface area contributed by atoms with Gasteiger partial charge in [0.2, 0.25) is 0 Å². The molecule has 236 valence electrons. The SMILES string of the molecule is C/C=c1/c(CO)c2[n-]/c1=C\c1[n-]c(/c(=C/C)c1C)=C\c1[n-]c(c(CCC(=O)O)c1CO)/C=c1\[n-]/c(c(C)c1CCC(=O)O)=C\2.[Fe+2]. The minimum absolute atomic E-state index is 0. The summed E-state index contributed by atoms with van der Waals surface area (Å²) in [5, 5.41) is 43.8. The van der Waals surface area contributed by atoms with E-state index in [4.69, 9.17) is 19.9 Å². The van der Waals surface area contributed by atoms with Gasteiger partial charge in [0.05, 0.1) is 13.2 Å². The van der Waals surface area contributed by atoms with Crippen LogP contribution in [0.15, 0.2) is 0 Å². The summed E-state index contributed by atoms with van der Waals surface area (Å²) in [6.07, 6.45) is 11.1. The van der Waals surface area contributed by atoms with Gasteiger partial charge in [-0.25, -0.2) is 0 Å². The predicted molar refractivity (Wildman–Crippen MR) is 165 cm³/mol. The number of aliphatic hydroxyl groups is 2. The second kappa shape index (κ2) is 13.8. The fraction of sp³-hybridized carbons (Fsp3) is 0.294. The van der Waals surface area contributed by atoms with Crippen LogP contribution in [0.3, 0.4) is 0 Å². The number of hydrogen-bond donors (Lipinski definition) is 4. The van der Waals surface area contributed by atoms with Crippen LogP contribution in [-0.4, -0.2) is 32.4 Å². The molecule has 0 amide bonds. The number of aromatic nitrogens is 4. The molecule has 0 aliphatic carbocycles. The molecule has 0 fully saturated rings. The van der Waals surface area contributed by atoms with Crippen molar-refractivity contribution >= 4 is 48.4 Å².